The molecule has 0 unspecified atom stereocenters. The van der Waals surface area contributed by atoms with Crippen molar-refractivity contribution < 1.29 is 30.4 Å². The van der Waals surface area contributed by atoms with E-state index in [-0.39, 0.29) is 0 Å². The Balaban J connectivity index is 3.52. The summed E-state index contributed by atoms with van der Waals surface area (Å²) < 4.78 is 85.2. The molecule has 0 heterocycles. The summed E-state index contributed by atoms with van der Waals surface area (Å²) in [6.07, 6.45) is 0.616. The molecular weight excluding hydrogens is 255 g/mol. The van der Waals surface area contributed by atoms with Gasteiger partial charge in [0, 0.05) is 11.8 Å². The Hall–Kier alpha value is -1.18. The lowest BCUT2D eigenvalue weighted by Crippen LogP contribution is -2.11. The Morgan fingerprint density at radius 2 is 1.12 bits per heavy atom. The highest BCUT2D eigenvalue weighted by Crippen LogP contribution is 2.24. The van der Waals surface area contributed by atoms with E-state index in [1.807, 2.05) is 0 Å². The van der Waals surface area contributed by atoms with Crippen molar-refractivity contribution in [2.75, 3.05) is 6.26 Å². The minimum Gasteiger partial charge on any atom is -0.229 e. The Labute approximate surface area is 87.6 Å². The first kappa shape index (κ1) is 12.9. The third-order valence-electron chi connectivity index (χ3n) is 1.71. The van der Waals surface area contributed by atoms with Crippen LogP contribution < -0.4 is 0 Å². The quantitative estimate of drug-likeness (QED) is 0.462. The van der Waals surface area contributed by atoms with Gasteiger partial charge in [-0.05, 0) is 0 Å². The zero-order valence-electron chi connectivity index (χ0n) is 7.82. The van der Waals surface area contributed by atoms with Crippen molar-refractivity contribution in [3.05, 3.63) is 34.6 Å². The van der Waals surface area contributed by atoms with E-state index in [0.29, 0.717) is 6.26 Å². The van der Waals surface area contributed by atoms with Gasteiger partial charge in [-0.1, -0.05) is 0 Å². The first-order valence-corrected chi connectivity index (χ1v) is 5.89. The molecule has 0 aliphatic carbocycles. The van der Waals surface area contributed by atoms with Gasteiger partial charge in [0.1, 0.15) is 0 Å². The van der Waals surface area contributed by atoms with Crippen molar-refractivity contribution in [1.29, 1.82) is 0 Å². The molecule has 16 heavy (non-hydrogen) atoms. The molecule has 0 radical (unpaired) electrons. The maximum atomic E-state index is 12.9. The van der Waals surface area contributed by atoms with Gasteiger partial charge in [-0.15, -0.1) is 0 Å². The van der Waals surface area contributed by atoms with Crippen LogP contribution in [0.4, 0.5) is 22.0 Å². The number of hydrogen-bond donors (Lipinski definition) is 0. The van der Waals surface area contributed by atoms with Gasteiger partial charge in [0.25, 0.3) is 0 Å². The van der Waals surface area contributed by atoms with Crippen LogP contribution in [0.25, 0.3) is 0 Å². The number of halogens is 5. The number of rotatable bonds is 2. The Morgan fingerprint density at radius 1 is 0.812 bits per heavy atom. The van der Waals surface area contributed by atoms with Crippen LogP contribution in [0.5, 0.6) is 0 Å². The lowest BCUT2D eigenvalue weighted by atomic mass is 10.2. The number of hydrogen-bond acceptors (Lipinski definition) is 2. The average Bonchev–Trinajstić information content (AvgIpc) is 2.17. The summed E-state index contributed by atoms with van der Waals surface area (Å²) in [7, 11) is -3.90. The molecule has 0 aromatic heterocycles. The fourth-order valence-corrected chi connectivity index (χ4v) is 1.82. The van der Waals surface area contributed by atoms with Gasteiger partial charge in [0.15, 0.2) is 33.1 Å². The lowest BCUT2D eigenvalue weighted by molar-refractivity contribution is 0.372. The molecule has 0 saturated carbocycles. The molecule has 90 valence electrons. The van der Waals surface area contributed by atoms with Crippen molar-refractivity contribution in [3.8, 4) is 0 Å². The predicted molar refractivity (Wildman–Crippen MR) is 44.8 cm³/mol. The van der Waals surface area contributed by atoms with E-state index in [9.17, 15) is 30.4 Å². The summed E-state index contributed by atoms with van der Waals surface area (Å²) in [5.74, 6) is -12.1. The summed E-state index contributed by atoms with van der Waals surface area (Å²) in [6, 6.07) is 0. The van der Waals surface area contributed by atoms with E-state index in [1.165, 1.54) is 0 Å². The molecule has 0 N–H and O–H groups in total. The van der Waals surface area contributed by atoms with E-state index < -0.39 is 50.2 Å². The van der Waals surface area contributed by atoms with E-state index in [2.05, 4.69) is 0 Å². The second kappa shape index (κ2) is 4.00. The van der Waals surface area contributed by atoms with Crippen LogP contribution in [0.1, 0.15) is 5.56 Å². The molecule has 1 aromatic carbocycles. The van der Waals surface area contributed by atoms with Crippen molar-refractivity contribution >= 4 is 9.84 Å². The van der Waals surface area contributed by atoms with Crippen molar-refractivity contribution in [3.63, 3.8) is 0 Å². The molecule has 0 aliphatic rings. The van der Waals surface area contributed by atoms with Crippen LogP contribution in [0.2, 0.25) is 0 Å². The first-order chi connectivity index (χ1) is 7.15. The normalized spacial score (nSPS) is 11.9. The van der Waals surface area contributed by atoms with Gasteiger partial charge in [-0.3, -0.25) is 0 Å². The number of sulfone groups is 1. The molecule has 0 atom stereocenters. The molecule has 1 rings (SSSR count). The Kier molecular flexibility index (Phi) is 3.22. The zero-order valence-corrected chi connectivity index (χ0v) is 8.64. The summed E-state index contributed by atoms with van der Waals surface area (Å²) >= 11 is 0. The highest BCUT2D eigenvalue weighted by Gasteiger charge is 2.27. The standard InChI is InChI=1S/C8H5F5O2S/c1-16(14,15)2-3-4(9)6(11)8(13)7(12)5(3)10/h2H2,1H3. The highest BCUT2D eigenvalue weighted by molar-refractivity contribution is 7.89. The summed E-state index contributed by atoms with van der Waals surface area (Å²) in [5.41, 5.74) is -1.35. The molecule has 1 aromatic rings. The Bertz CT molecular complexity index is 509. The molecule has 0 fully saturated rings. The van der Waals surface area contributed by atoms with Crippen LogP contribution >= 0.6 is 0 Å². The van der Waals surface area contributed by atoms with Crippen LogP contribution in [-0.4, -0.2) is 14.7 Å². The van der Waals surface area contributed by atoms with Gasteiger partial charge < -0.3 is 0 Å². The van der Waals surface area contributed by atoms with Gasteiger partial charge >= 0.3 is 0 Å². The molecule has 0 amide bonds. The van der Waals surface area contributed by atoms with E-state index in [1.54, 1.807) is 0 Å². The molecular formula is C8H5F5O2S. The van der Waals surface area contributed by atoms with Crippen molar-refractivity contribution in [1.82, 2.24) is 0 Å². The molecule has 0 aliphatic heterocycles. The van der Waals surface area contributed by atoms with Crippen LogP contribution in [0.3, 0.4) is 0 Å². The van der Waals surface area contributed by atoms with Crippen LogP contribution in [-0.2, 0) is 15.6 Å². The first-order valence-electron chi connectivity index (χ1n) is 3.83. The maximum absolute atomic E-state index is 12.9. The summed E-state index contributed by atoms with van der Waals surface area (Å²) in [4.78, 5) is 0. The van der Waals surface area contributed by atoms with E-state index >= 15 is 0 Å². The van der Waals surface area contributed by atoms with E-state index in [4.69, 9.17) is 0 Å². The van der Waals surface area contributed by atoms with Crippen LogP contribution in [0.15, 0.2) is 0 Å². The van der Waals surface area contributed by atoms with Gasteiger partial charge in [-0.2, -0.15) is 0 Å². The highest BCUT2D eigenvalue weighted by atomic mass is 32.2. The maximum Gasteiger partial charge on any atom is 0.200 e. The van der Waals surface area contributed by atoms with Crippen molar-refractivity contribution in [2.45, 2.75) is 5.75 Å². The largest absolute Gasteiger partial charge is 0.229 e. The second-order valence-electron chi connectivity index (χ2n) is 3.12. The Morgan fingerprint density at radius 3 is 1.44 bits per heavy atom. The van der Waals surface area contributed by atoms with Crippen molar-refractivity contribution in [2.24, 2.45) is 0 Å². The van der Waals surface area contributed by atoms with Gasteiger partial charge in [0.05, 0.1) is 5.75 Å². The molecule has 0 bridgehead atoms. The minimum atomic E-state index is -3.90. The SMILES string of the molecule is CS(=O)(=O)Cc1c(F)c(F)c(F)c(F)c1F. The topological polar surface area (TPSA) is 34.1 Å². The molecule has 0 saturated heterocycles. The third-order valence-corrected chi connectivity index (χ3v) is 2.52. The summed E-state index contributed by atoms with van der Waals surface area (Å²) in [6.45, 7) is 0. The fraction of sp³-hybridized carbons (Fsp3) is 0.250. The minimum absolute atomic E-state index is 0.616. The van der Waals surface area contributed by atoms with Gasteiger partial charge in [0.2, 0.25) is 5.82 Å². The predicted octanol–water partition coefficient (Wildman–Crippen LogP) is 1.93. The molecule has 0 spiro atoms. The second-order valence-corrected chi connectivity index (χ2v) is 5.26. The lowest BCUT2D eigenvalue weighted by Gasteiger charge is -2.06. The number of benzene rings is 1. The van der Waals surface area contributed by atoms with Crippen LogP contribution in [0, 0.1) is 29.1 Å². The third kappa shape index (κ3) is 2.31. The molecule has 2 nitrogen and oxygen atoms in total. The monoisotopic (exact) mass is 260 g/mol. The average molecular weight is 260 g/mol. The van der Waals surface area contributed by atoms with Gasteiger partial charge in [-0.25, -0.2) is 30.4 Å². The molecule has 8 heteroatoms. The zero-order chi connectivity index (χ0) is 12.7. The fourth-order valence-electron chi connectivity index (χ4n) is 1.04. The smallest absolute Gasteiger partial charge is 0.200 e. The summed E-state index contributed by atoms with van der Waals surface area (Å²) in [5, 5.41) is 0. The van der Waals surface area contributed by atoms with E-state index in [0.717, 1.165) is 0 Å².